The summed E-state index contributed by atoms with van der Waals surface area (Å²) in [6.45, 7) is 0. The van der Waals surface area contributed by atoms with E-state index in [0.29, 0.717) is 5.56 Å². The molecule has 8 rings (SSSR count). The van der Waals surface area contributed by atoms with E-state index in [1.165, 1.54) is 0 Å². The van der Waals surface area contributed by atoms with Crippen LogP contribution >= 0.6 is 0 Å². The second kappa shape index (κ2) is 12.6. The van der Waals surface area contributed by atoms with Gasteiger partial charge in [-0.1, -0.05) is 78.9 Å². The molecule has 0 saturated heterocycles. The number of nitrogens with one attached hydrogen (secondary N) is 2. The fourth-order valence-corrected chi connectivity index (χ4v) is 6.13. The molecular formula is C43H30N4O. The summed E-state index contributed by atoms with van der Waals surface area (Å²) in [6.07, 6.45) is 0. The minimum absolute atomic E-state index is 0.639. The van der Waals surface area contributed by atoms with Gasteiger partial charge < -0.3 is 20.0 Å². The van der Waals surface area contributed by atoms with E-state index in [2.05, 4.69) is 113 Å². The first-order chi connectivity index (χ1) is 23.7. The second-order valence-corrected chi connectivity index (χ2v) is 11.6. The van der Waals surface area contributed by atoms with E-state index >= 15 is 0 Å². The minimum atomic E-state index is 0.639. The van der Waals surface area contributed by atoms with Crippen LogP contribution in [0.3, 0.4) is 0 Å². The molecule has 1 heterocycles. The van der Waals surface area contributed by atoms with Crippen LogP contribution in [-0.4, -0.2) is 0 Å². The summed E-state index contributed by atoms with van der Waals surface area (Å²) < 4.78 is 6.19. The number of nitriles is 1. The van der Waals surface area contributed by atoms with Crippen molar-refractivity contribution in [2.45, 2.75) is 0 Å². The zero-order valence-electron chi connectivity index (χ0n) is 26.0. The Hall–Kier alpha value is -6.77. The first-order valence-electron chi connectivity index (χ1n) is 15.8. The summed E-state index contributed by atoms with van der Waals surface area (Å²) in [5.41, 5.74) is 11.2. The highest BCUT2D eigenvalue weighted by Crippen LogP contribution is 2.41. The lowest BCUT2D eigenvalue weighted by Gasteiger charge is -2.27. The molecule has 7 aromatic carbocycles. The highest BCUT2D eigenvalue weighted by atomic mass is 16.3. The molecule has 48 heavy (non-hydrogen) atoms. The van der Waals surface area contributed by atoms with Crippen molar-refractivity contribution in [1.82, 2.24) is 0 Å². The van der Waals surface area contributed by atoms with E-state index in [0.717, 1.165) is 72.9 Å². The maximum atomic E-state index is 9.46. The van der Waals surface area contributed by atoms with Gasteiger partial charge in [0.2, 0.25) is 0 Å². The van der Waals surface area contributed by atoms with Gasteiger partial charge >= 0.3 is 0 Å². The molecule has 1 aromatic heterocycles. The van der Waals surface area contributed by atoms with Crippen molar-refractivity contribution < 1.29 is 4.42 Å². The van der Waals surface area contributed by atoms with Crippen LogP contribution in [-0.2, 0) is 0 Å². The third kappa shape index (κ3) is 5.82. The molecular weight excluding hydrogens is 589 g/mol. The van der Waals surface area contributed by atoms with Crippen LogP contribution in [0.25, 0.3) is 33.1 Å². The van der Waals surface area contributed by atoms with E-state index in [4.69, 9.17) is 4.42 Å². The Balaban J connectivity index is 1.29. The molecule has 0 bridgehead atoms. The topological polar surface area (TPSA) is 64.2 Å². The Labute approximate surface area is 278 Å². The molecule has 228 valence electrons. The van der Waals surface area contributed by atoms with Crippen molar-refractivity contribution in [1.29, 1.82) is 5.26 Å². The van der Waals surface area contributed by atoms with E-state index in [9.17, 15) is 5.26 Å². The molecule has 0 amide bonds. The van der Waals surface area contributed by atoms with Crippen LogP contribution in [0, 0.1) is 11.3 Å². The lowest BCUT2D eigenvalue weighted by molar-refractivity contribution is 0.669. The number of furan rings is 1. The maximum absolute atomic E-state index is 9.46. The zero-order valence-corrected chi connectivity index (χ0v) is 26.0. The maximum Gasteiger partial charge on any atom is 0.135 e. The van der Waals surface area contributed by atoms with Crippen LogP contribution in [0.15, 0.2) is 174 Å². The standard InChI is InChI=1S/C43H30N4O/c44-29-30-10-9-11-32(24-30)31-18-20-37(21-19-31)47(38-22-23-43-41(28-38)40-16-7-8-17-42(40)48-43)39-26-35(45-33-12-3-1-4-13-33)25-36(27-39)46-34-14-5-2-6-15-34/h1-28,45-46H. The molecule has 0 atom stereocenters. The predicted octanol–water partition coefficient (Wildman–Crippen LogP) is 12.1. The van der Waals surface area contributed by atoms with E-state index in [1.807, 2.05) is 78.9 Å². The van der Waals surface area contributed by atoms with Gasteiger partial charge in [0, 0.05) is 44.9 Å². The van der Waals surface area contributed by atoms with Crippen molar-refractivity contribution in [2.75, 3.05) is 15.5 Å². The van der Waals surface area contributed by atoms with Crippen molar-refractivity contribution in [3.63, 3.8) is 0 Å². The number of rotatable bonds is 8. The number of fused-ring (bicyclic) bond motifs is 3. The fraction of sp³-hybridized carbons (Fsp3) is 0. The van der Waals surface area contributed by atoms with Crippen molar-refractivity contribution in [3.8, 4) is 17.2 Å². The molecule has 0 saturated carbocycles. The van der Waals surface area contributed by atoms with E-state index < -0.39 is 0 Å². The summed E-state index contributed by atoms with van der Waals surface area (Å²) in [7, 11) is 0. The fourth-order valence-electron chi connectivity index (χ4n) is 6.13. The molecule has 8 aromatic rings. The lowest BCUT2D eigenvalue weighted by atomic mass is 10.0. The van der Waals surface area contributed by atoms with Crippen LogP contribution in [0.1, 0.15) is 5.56 Å². The Morgan fingerprint density at radius 1 is 0.438 bits per heavy atom. The normalized spacial score (nSPS) is 10.9. The second-order valence-electron chi connectivity index (χ2n) is 11.6. The molecule has 5 nitrogen and oxygen atoms in total. The molecule has 0 fully saturated rings. The molecule has 0 unspecified atom stereocenters. The van der Waals surface area contributed by atoms with Gasteiger partial charge in [0.05, 0.1) is 17.3 Å². The quantitative estimate of drug-likeness (QED) is 0.177. The van der Waals surface area contributed by atoms with Gasteiger partial charge in [-0.25, -0.2) is 0 Å². The van der Waals surface area contributed by atoms with Crippen LogP contribution < -0.4 is 15.5 Å². The van der Waals surface area contributed by atoms with Gasteiger partial charge in [0.25, 0.3) is 0 Å². The third-order valence-electron chi connectivity index (χ3n) is 8.37. The van der Waals surface area contributed by atoms with Crippen LogP contribution in [0.2, 0.25) is 0 Å². The van der Waals surface area contributed by atoms with Crippen molar-refractivity contribution in [2.24, 2.45) is 0 Å². The molecule has 0 aliphatic heterocycles. The highest BCUT2D eigenvalue weighted by molar-refractivity contribution is 6.06. The Kier molecular flexibility index (Phi) is 7.50. The molecule has 0 aliphatic carbocycles. The summed E-state index contributed by atoms with van der Waals surface area (Å²) in [6, 6.07) is 59.8. The van der Waals surface area contributed by atoms with E-state index in [1.54, 1.807) is 0 Å². The Bertz CT molecular complexity index is 2350. The molecule has 0 aliphatic rings. The number of hydrogen-bond acceptors (Lipinski definition) is 5. The van der Waals surface area contributed by atoms with Gasteiger partial charge in [0.1, 0.15) is 11.2 Å². The average Bonchev–Trinajstić information content (AvgIpc) is 3.51. The Morgan fingerprint density at radius 2 is 1.06 bits per heavy atom. The number of anilines is 7. The average molecular weight is 619 g/mol. The highest BCUT2D eigenvalue weighted by Gasteiger charge is 2.18. The van der Waals surface area contributed by atoms with Gasteiger partial charge in [0.15, 0.2) is 0 Å². The Morgan fingerprint density at radius 3 is 1.75 bits per heavy atom. The third-order valence-corrected chi connectivity index (χ3v) is 8.37. The minimum Gasteiger partial charge on any atom is -0.456 e. The predicted molar refractivity (Wildman–Crippen MR) is 198 cm³/mol. The van der Waals surface area contributed by atoms with Gasteiger partial charge in [-0.05, 0) is 102 Å². The smallest absolute Gasteiger partial charge is 0.135 e. The monoisotopic (exact) mass is 618 g/mol. The van der Waals surface area contributed by atoms with Crippen LogP contribution in [0.4, 0.5) is 39.8 Å². The summed E-state index contributed by atoms with van der Waals surface area (Å²) in [5, 5.41) is 18.8. The molecule has 2 N–H and O–H groups in total. The molecule has 5 heteroatoms. The van der Waals surface area contributed by atoms with Crippen LogP contribution in [0.5, 0.6) is 0 Å². The van der Waals surface area contributed by atoms with Crippen molar-refractivity contribution >= 4 is 61.8 Å². The number of hydrogen-bond donors (Lipinski definition) is 2. The summed E-state index contributed by atoms with van der Waals surface area (Å²) >= 11 is 0. The number of benzene rings is 7. The summed E-state index contributed by atoms with van der Waals surface area (Å²) in [4.78, 5) is 2.27. The number of nitrogens with zero attached hydrogens (tertiary/aromatic N) is 2. The summed E-state index contributed by atoms with van der Waals surface area (Å²) in [5.74, 6) is 0. The first kappa shape index (κ1) is 28.7. The van der Waals surface area contributed by atoms with E-state index in [-0.39, 0.29) is 0 Å². The largest absolute Gasteiger partial charge is 0.456 e. The molecule has 0 radical (unpaired) electrons. The zero-order chi connectivity index (χ0) is 32.3. The number of para-hydroxylation sites is 3. The first-order valence-corrected chi connectivity index (χ1v) is 15.8. The van der Waals surface area contributed by atoms with Gasteiger partial charge in [-0.3, -0.25) is 0 Å². The lowest BCUT2D eigenvalue weighted by Crippen LogP contribution is -2.11. The van der Waals surface area contributed by atoms with Gasteiger partial charge in [-0.15, -0.1) is 0 Å². The molecule has 0 spiro atoms. The van der Waals surface area contributed by atoms with Crippen molar-refractivity contribution in [3.05, 3.63) is 175 Å². The van der Waals surface area contributed by atoms with Gasteiger partial charge in [-0.2, -0.15) is 5.26 Å². The SMILES string of the molecule is N#Cc1cccc(-c2ccc(N(c3cc(Nc4ccccc4)cc(Nc4ccccc4)c3)c3ccc4oc5ccccc5c4c3)cc2)c1.